The molecule has 26 heavy (non-hydrogen) atoms. The lowest BCUT2D eigenvalue weighted by Crippen LogP contribution is -1.97. The van der Waals surface area contributed by atoms with E-state index in [-0.39, 0.29) is 13.6 Å². The highest BCUT2D eigenvalue weighted by Gasteiger charge is 2.08. The van der Waals surface area contributed by atoms with Gasteiger partial charge in [-0.3, -0.25) is 0 Å². The molecule has 148 valence electrons. The molecule has 1 heteroatoms. The van der Waals surface area contributed by atoms with Crippen LogP contribution in [0.1, 0.15) is 109 Å². The Morgan fingerprint density at radius 3 is 0.692 bits per heavy atom. The Morgan fingerprint density at radius 1 is 0.423 bits per heavy atom. The minimum Gasteiger partial charge on any atom is -0.344 e. The van der Waals surface area contributed by atoms with Crippen LogP contribution >= 0.6 is 0 Å². The first kappa shape index (κ1) is 26.6. The maximum atomic E-state index is 2.25. The molecule has 0 aliphatic carbocycles. The van der Waals surface area contributed by atoms with Gasteiger partial charge in [-0.15, -0.1) is 0 Å². The number of hydrogen-bond donors (Lipinski definition) is 1. The molecule has 2 rings (SSSR count). The first-order valence-corrected chi connectivity index (χ1v) is 9.43. The molecule has 0 amide bonds. The van der Waals surface area contributed by atoms with Crippen LogP contribution in [0.5, 0.6) is 0 Å². The van der Waals surface area contributed by atoms with E-state index >= 15 is 0 Å². The average molecular weight is 358 g/mol. The van der Waals surface area contributed by atoms with Gasteiger partial charge in [-0.2, -0.15) is 0 Å². The summed E-state index contributed by atoms with van der Waals surface area (Å²) in [5.74, 6) is 2.57. The summed E-state index contributed by atoms with van der Waals surface area (Å²) in [5.41, 5.74) is 5.97. The molecule has 0 fully saturated rings. The van der Waals surface area contributed by atoms with E-state index in [0.717, 1.165) is 0 Å². The van der Waals surface area contributed by atoms with Gasteiger partial charge in [0.15, 0.2) is 0 Å². The second-order valence-electron chi connectivity index (χ2n) is 7.88. The molecule has 1 nitrogen and oxygen atoms in total. The fourth-order valence-electron chi connectivity index (χ4n) is 3.12. The SMILES string of the molecule is C.CC(C)c1ccccc1C(C)C.CC(C)c1ccccc1C(C)C.N. The van der Waals surface area contributed by atoms with Crippen LogP contribution in [0, 0.1) is 0 Å². The molecule has 0 aromatic heterocycles. The quantitative estimate of drug-likeness (QED) is 0.583. The van der Waals surface area contributed by atoms with Gasteiger partial charge in [-0.05, 0) is 45.9 Å². The van der Waals surface area contributed by atoms with Crippen LogP contribution in [0.25, 0.3) is 0 Å². The summed E-state index contributed by atoms with van der Waals surface area (Å²) in [7, 11) is 0. The zero-order valence-corrected chi connectivity index (χ0v) is 17.6. The minimum atomic E-state index is 0. The largest absolute Gasteiger partial charge is 0.344 e. The van der Waals surface area contributed by atoms with E-state index < -0.39 is 0 Å². The maximum Gasteiger partial charge on any atom is -0.0216 e. The Morgan fingerprint density at radius 2 is 0.577 bits per heavy atom. The van der Waals surface area contributed by atoms with Crippen LogP contribution in [-0.4, -0.2) is 0 Å². The first-order chi connectivity index (χ1) is 11.3. The predicted molar refractivity (Wildman–Crippen MR) is 121 cm³/mol. The second-order valence-corrected chi connectivity index (χ2v) is 7.88. The van der Waals surface area contributed by atoms with Gasteiger partial charge in [0, 0.05) is 0 Å². The minimum absolute atomic E-state index is 0. The fraction of sp³-hybridized carbons (Fsp3) is 0.520. The summed E-state index contributed by atoms with van der Waals surface area (Å²) in [4.78, 5) is 0. The Bertz CT molecular complexity index is 500. The van der Waals surface area contributed by atoms with E-state index in [1.165, 1.54) is 22.3 Å². The van der Waals surface area contributed by atoms with E-state index in [2.05, 4.69) is 104 Å². The first-order valence-electron chi connectivity index (χ1n) is 9.43. The van der Waals surface area contributed by atoms with E-state index in [1.807, 2.05) is 0 Å². The molecule has 3 N–H and O–H groups in total. The maximum absolute atomic E-state index is 2.25. The van der Waals surface area contributed by atoms with Crippen molar-refractivity contribution in [2.24, 2.45) is 0 Å². The van der Waals surface area contributed by atoms with Crippen molar-refractivity contribution in [1.82, 2.24) is 6.15 Å². The molecule has 0 saturated carbocycles. The van der Waals surface area contributed by atoms with E-state index in [9.17, 15) is 0 Å². The van der Waals surface area contributed by atoms with Crippen molar-refractivity contribution < 1.29 is 0 Å². The molecular formula is C25H43N. The Labute approximate surface area is 163 Å². The highest BCUT2D eigenvalue weighted by Crippen LogP contribution is 2.26. The van der Waals surface area contributed by atoms with E-state index in [4.69, 9.17) is 0 Å². The lowest BCUT2D eigenvalue weighted by atomic mass is 9.91. The van der Waals surface area contributed by atoms with Crippen LogP contribution in [0.3, 0.4) is 0 Å². The van der Waals surface area contributed by atoms with Crippen molar-refractivity contribution in [3.8, 4) is 0 Å². The standard InChI is InChI=1S/2C12H18.CH4.H3N/c2*1-9(2)11-7-5-6-8-12(11)10(3)4;;/h2*5-10H,1-4H3;1H4;1H3. The molecule has 2 aromatic rings. The molecule has 0 saturated heterocycles. The third-order valence-electron chi connectivity index (χ3n) is 4.48. The van der Waals surface area contributed by atoms with E-state index in [1.54, 1.807) is 0 Å². The number of rotatable bonds is 4. The van der Waals surface area contributed by atoms with Crippen molar-refractivity contribution in [2.75, 3.05) is 0 Å². The van der Waals surface area contributed by atoms with E-state index in [0.29, 0.717) is 23.7 Å². The molecule has 0 aliphatic rings. The van der Waals surface area contributed by atoms with Crippen molar-refractivity contribution in [3.63, 3.8) is 0 Å². The van der Waals surface area contributed by atoms with Gasteiger partial charge < -0.3 is 6.15 Å². The van der Waals surface area contributed by atoms with Crippen LogP contribution < -0.4 is 6.15 Å². The summed E-state index contributed by atoms with van der Waals surface area (Å²) in [6, 6.07) is 17.4. The van der Waals surface area contributed by atoms with Gasteiger partial charge in [-0.1, -0.05) is 111 Å². The normalized spacial score (nSPS) is 10.3. The third kappa shape index (κ3) is 7.74. The smallest absolute Gasteiger partial charge is 0.0216 e. The van der Waals surface area contributed by atoms with Gasteiger partial charge in [0.05, 0.1) is 0 Å². The summed E-state index contributed by atoms with van der Waals surface area (Å²) in [6.07, 6.45) is 0. The molecule has 2 aromatic carbocycles. The van der Waals surface area contributed by atoms with Gasteiger partial charge in [0.1, 0.15) is 0 Å². The van der Waals surface area contributed by atoms with Gasteiger partial charge >= 0.3 is 0 Å². The Hall–Kier alpha value is -1.60. The molecular weight excluding hydrogens is 314 g/mol. The fourth-order valence-corrected chi connectivity index (χ4v) is 3.12. The summed E-state index contributed by atoms with van der Waals surface area (Å²) in [6.45, 7) is 18.0. The lowest BCUT2D eigenvalue weighted by Gasteiger charge is -2.14. The number of hydrogen-bond acceptors (Lipinski definition) is 1. The zero-order chi connectivity index (χ0) is 18.3. The molecule has 0 spiro atoms. The number of benzene rings is 2. The Kier molecular flexibility index (Phi) is 13.0. The molecule has 0 bridgehead atoms. The van der Waals surface area contributed by atoms with Gasteiger partial charge in [0.25, 0.3) is 0 Å². The highest BCUT2D eigenvalue weighted by molar-refractivity contribution is 5.32. The third-order valence-corrected chi connectivity index (χ3v) is 4.48. The van der Waals surface area contributed by atoms with Crippen molar-refractivity contribution in [2.45, 2.75) is 86.5 Å². The van der Waals surface area contributed by atoms with Crippen molar-refractivity contribution in [1.29, 1.82) is 0 Å². The van der Waals surface area contributed by atoms with Crippen LogP contribution in [0.2, 0.25) is 0 Å². The summed E-state index contributed by atoms with van der Waals surface area (Å²) >= 11 is 0. The average Bonchev–Trinajstić information content (AvgIpc) is 2.55. The van der Waals surface area contributed by atoms with Crippen LogP contribution in [0.4, 0.5) is 0 Å². The zero-order valence-electron chi connectivity index (χ0n) is 17.6. The second kappa shape index (κ2) is 12.7. The summed E-state index contributed by atoms with van der Waals surface area (Å²) in [5, 5.41) is 0. The highest BCUT2D eigenvalue weighted by atomic mass is 14.1. The monoisotopic (exact) mass is 357 g/mol. The molecule has 0 aliphatic heterocycles. The van der Waals surface area contributed by atoms with Gasteiger partial charge in [0.2, 0.25) is 0 Å². The molecule has 0 unspecified atom stereocenters. The predicted octanol–water partition coefficient (Wildman–Crippen LogP) is 8.66. The lowest BCUT2D eigenvalue weighted by molar-refractivity contribution is 0.790. The topological polar surface area (TPSA) is 35.0 Å². The summed E-state index contributed by atoms with van der Waals surface area (Å²) < 4.78 is 0. The molecule has 0 atom stereocenters. The van der Waals surface area contributed by atoms with Crippen molar-refractivity contribution >= 4 is 0 Å². The van der Waals surface area contributed by atoms with Crippen LogP contribution in [-0.2, 0) is 0 Å². The molecule has 0 radical (unpaired) electrons. The molecule has 0 heterocycles. The van der Waals surface area contributed by atoms with Crippen LogP contribution in [0.15, 0.2) is 48.5 Å². The van der Waals surface area contributed by atoms with Crippen molar-refractivity contribution in [3.05, 3.63) is 70.8 Å². The Balaban J connectivity index is 0. The van der Waals surface area contributed by atoms with Gasteiger partial charge in [-0.25, -0.2) is 0 Å².